The molecule has 7 heteroatoms. The summed E-state index contributed by atoms with van der Waals surface area (Å²) in [5, 5.41) is 7.66. The molecule has 1 fully saturated rings. The van der Waals surface area contributed by atoms with Gasteiger partial charge in [0, 0.05) is 12.0 Å². The van der Waals surface area contributed by atoms with Crippen molar-refractivity contribution < 1.29 is 13.2 Å². The topological polar surface area (TPSA) is 75.6 Å². The Morgan fingerprint density at radius 1 is 1.61 bits per heavy atom. The van der Waals surface area contributed by atoms with Crippen LogP contribution in [0.5, 0.6) is 0 Å². The minimum atomic E-state index is -2.91. The Bertz CT molecular complexity index is 535. The summed E-state index contributed by atoms with van der Waals surface area (Å²) in [6, 6.07) is 1.89. The number of hydrogen-bond donors (Lipinski definition) is 1. The fourth-order valence-electron chi connectivity index (χ4n) is 1.87. The van der Waals surface area contributed by atoms with Gasteiger partial charge in [0.1, 0.15) is 0 Å². The second-order valence-corrected chi connectivity index (χ2v) is 7.33. The Kier molecular flexibility index (Phi) is 4.13. The highest BCUT2D eigenvalue weighted by Crippen LogP contribution is 2.21. The lowest BCUT2D eigenvalue weighted by Crippen LogP contribution is -2.21. The Morgan fingerprint density at radius 3 is 3.06 bits per heavy atom. The zero-order valence-electron chi connectivity index (χ0n) is 9.70. The molecule has 1 atom stereocenters. The van der Waals surface area contributed by atoms with Crippen LogP contribution in [0.2, 0.25) is 0 Å². The van der Waals surface area contributed by atoms with E-state index in [0.717, 1.165) is 5.56 Å². The van der Waals surface area contributed by atoms with Crippen LogP contribution in [0, 0.1) is 5.92 Å². The third-order valence-corrected chi connectivity index (χ3v) is 5.29. The van der Waals surface area contributed by atoms with Crippen molar-refractivity contribution in [1.82, 2.24) is 5.43 Å². The Morgan fingerprint density at radius 2 is 2.44 bits per heavy atom. The molecule has 2 heterocycles. The summed E-state index contributed by atoms with van der Waals surface area (Å²) in [4.78, 5) is 11.5. The van der Waals surface area contributed by atoms with Crippen LogP contribution >= 0.6 is 11.3 Å². The van der Waals surface area contributed by atoms with E-state index >= 15 is 0 Å². The van der Waals surface area contributed by atoms with Crippen molar-refractivity contribution in [2.45, 2.75) is 12.8 Å². The highest BCUT2D eigenvalue weighted by Gasteiger charge is 2.29. The molecule has 1 aliphatic rings. The van der Waals surface area contributed by atoms with Crippen molar-refractivity contribution >= 4 is 33.3 Å². The van der Waals surface area contributed by atoms with Gasteiger partial charge in [0.25, 0.3) is 0 Å². The quantitative estimate of drug-likeness (QED) is 0.663. The van der Waals surface area contributed by atoms with Gasteiger partial charge in [-0.15, -0.1) is 0 Å². The van der Waals surface area contributed by atoms with E-state index < -0.39 is 9.84 Å². The first-order valence-electron chi connectivity index (χ1n) is 5.60. The van der Waals surface area contributed by atoms with E-state index in [1.807, 2.05) is 16.8 Å². The van der Waals surface area contributed by atoms with Crippen LogP contribution in [0.3, 0.4) is 0 Å². The lowest BCUT2D eigenvalue weighted by molar-refractivity contribution is -0.121. The van der Waals surface area contributed by atoms with Crippen LogP contribution in [-0.2, 0) is 14.6 Å². The number of nitrogens with zero attached hydrogens (tertiary/aromatic N) is 1. The van der Waals surface area contributed by atoms with Gasteiger partial charge in [-0.25, -0.2) is 13.8 Å². The van der Waals surface area contributed by atoms with Crippen molar-refractivity contribution in [2.75, 3.05) is 11.5 Å². The van der Waals surface area contributed by atoms with E-state index in [1.54, 1.807) is 17.6 Å². The third kappa shape index (κ3) is 3.92. The number of carbonyl (C=O) groups excluding carboxylic acids is 1. The number of thiophene rings is 1. The van der Waals surface area contributed by atoms with Crippen LogP contribution in [0.4, 0.5) is 0 Å². The highest BCUT2D eigenvalue weighted by molar-refractivity contribution is 7.91. The number of sulfone groups is 1. The van der Waals surface area contributed by atoms with Gasteiger partial charge in [-0.3, -0.25) is 4.79 Å². The van der Waals surface area contributed by atoms with Gasteiger partial charge in [-0.05, 0) is 29.2 Å². The predicted octanol–water partition coefficient (Wildman–Crippen LogP) is 1.02. The molecule has 0 unspecified atom stereocenters. The van der Waals surface area contributed by atoms with Crippen molar-refractivity contribution in [2.24, 2.45) is 11.0 Å². The average molecular weight is 286 g/mol. The predicted molar refractivity (Wildman–Crippen MR) is 71.4 cm³/mol. The van der Waals surface area contributed by atoms with E-state index in [-0.39, 0.29) is 29.8 Å². The number of hydrazone groups is 1. The van der Waals surface area contributed by atoms with Crippen LogP contribution in [0.1, 0.15) is 18.4 Å². The molecule has 1 saturated heterocycles. The number of carbonyl (C=O) groups is 1. The fraction of sp³-hybridized carbons (Fsp3) is 0.455. The third-order valence-electron chi connectivity index (χ3n) is 2.75. The Hall–Kier alpha value is -1.21. The van der Waals surface area contributed by atoms with Crippen molar-refractivity contribution in [1.29, 1.82) is 0 Å². The molecule has 5 nitrogen and oxygen atoms in total. The lowest BCUT2D eigenvalue weighted by atomic mass is 10.1. The number of amides is 1. The molecule has 18 heavy (non-hydrogen) atoms. The monoisotopic (exact) mass is 286 g/mol. The molecular formula is C11H14N2O3S2. The standard InChI is InChI=1S/C11H14N2O3S2/c14-11(5-9-2-4-18(15,16)8-9)13-12-6-10-1-3-17-7-10/h1,3,6-7,9H,2,4-5,8H2,(H,13,14)/b12-6-/t9-/m0/s1. The maximum Gasteiger partial charge on any atom is 0.240 e. The summed E-state index contributed by atoms with van der Waals surface area (Å²) in [7, 11) is -2.91. The molecule has 0 spiro atoms. The van der Waals surface area contributed by atoms with E-state index in [0.29, 0.717) is 6.42 Å². The van der Waals surface area contributed by atoms with E-state index in [1.165, 1.54) is 0 Å². The number of hydrogen-bond acceptors (Lipinski definition) is 5. The highest BCUT2D eigenvalue weighted by atomic mass is 32.2. The molecule has 98 valence electrons. The maximum absolute atomic E-state index is 11.5. The summed E-state index contributed by atoms with van der Waals surface area (Å²) in [6.45, 7) is 0. The molecule has 0 radical (unpaired) electrons. The van der Waals surface area contributed by atoms with Gasteiger partial charge >= 0.3 is 0 Å². The zero-order valence-corrected chi connectivity index (χ0v) is 11.3. The first kappa shape index (κ1) is 13.2. The van der Waals surface area contributed by atoms with Crippen LogP contribution in [0.15, 0.2) is 21.9 Å². The minimum absolute atomic E-state index is 0.0636. The van der Waals surface area contributed by atoms with Gasteiger partial charge in [0.05, 0.1) is 17.7 Å². The maximum atomic E-state index is 11.5. The van der Waals surface area contributed by atoms with Crippen LogP contribution in [0.25, 0.3) is 0 Å². The van der Waals surface area contributed by atoms with Gasteiger partial charge in [-0.2, -0.15) is 16.4 Å². The molecule has 1 aromatic rings. The van der Waals surface area contributed by atoms with Crippen LogP contribution < -0.4 is 5.43 Å². The first-order chi connectivity index (χ1) is 8.55. The van der Waals surface area contributed by atoms with Crippen molar-refractivity contribution in [3.63, 3.8) is 0 Å². The van der Waals surface area contributed by atoms with Crippen molar-refractivity contribution in [3.05, 3.63) is 22.4 Å². The van der Waals surface area contributed by atoms with Gasteiger partial charge in [-0.1, -0.05) is 0 Å². The molecule has 0 aliphatic carbocycles. The second kappa shape index (κ2) is 5.62. The van der Waals surface area contributed by atoms with Crippen molar-refractivity contribution in [3.8, 4) is 0 Å². The number of nitrogens with one attached hydrogen (secondary N) is 1. The smallest absolute Gasteiger partial charge is 0.240 e. The largest absolute Gasteiger partial charge is 0.273 e. The van der Waals surface area contributed by atoms with E-state index in [9.17, 15) is 13.2 Å². The average Bonchev–Trinajstić information content (AvgIpc) is 2.88. The molecule has 1 aromatic heterocycles. The molecule has 2 rings (SSSR count). The van der Waals surface area contributed by atoms with Gasteiger partial charge in [0.2, 0.25) is 5.91 Å². The summed E-state index contributed by atoms with van der Waals surface area (Å²) >= 11 is 1.55. The lowest BCUT2D eigenvalue weighted by Gasteiger charge is -2.04. The molecule has 0 aromatic carbocycles. The molecule has 1 aliphatic heterocycles. The Balaban J connectivity index is 1.76. The summed E-state index contributed by atoms with van der Waals surface area (Å²) in [6.07, 6.45) is 2.37. The normalized spacial score (nSPS) is 22.3. The summed E-state index contributed by atoms with van der Waals surface area (Å²) in [5.74, 6) is 0.0209. The SMILES string of the molecule is O=C(C[C@@H]1CCS(=O)(=O)C1)N/N=C\c1ccsc1. The number of rotatable bonds is 4. The molecule has 1 amide bonds. The summed E-state index contributed by atoms with van der Waals surface area (Å²) in [5.41, 5.74) is 3.35. The van der Waals surface area contributed by atoms with E-state index in [2.05, 4.69) is 10.5 Å². The minimum Gasteiger partial charge on any atom is -0.273 e. The van der Waals surface area contributed by atoms with Gasteiger partial charge < -0.3 is 0 Å². The first-order valence-corrected chi connectivity index (χ1v) is 8.36. The molecule has 1 N–H and O–H groups in total. The fourth-order valence-corrected chi connectivity index (χ4v) is 4.34. The second-order valence-electron chi connectivity index (χ2n) is 4.32. The summed E-state index contributed by atoms with van der Waals surface area (Å²) < 4.78 is 22.5. The van der Waals surface area contributed by atoms with Crippen LogP contribution in [-0.4, -0.2) is 32.0 Å². The zero-order chi connectivity index (χ0) is 13.0. The van der Waals surface area contributed by atoms with Gasteiger partial charge in [0.15, 0.2) is 9.84 Å². The molecular weight excluding hydrogens is 272 g/mol. The molecule has 0 bridgehead atoms. The molecule has 0 saturated carbocycles. The van der Waals surface area contributed by atoms with E-state index in [4.69, 9.17) is 0 Å². The Labute approximate surface area is 110 Å².